The van der Waals surface area contributed by atoms with Crippen molar-refractivity contribution in [2.75, 3.05) is 17.2 Å². The lowest BCUT2D eigenvalue weighted by atomic mass is 9.68. The fraction of sp³-hybridized carbons (Fsp3) is 0.520. The molecule has 0 saturated heterocycles. The summed E-state index contributed by atoms with van der Waals surface area (Å²) in [5.41, 5.74) is 0.721. The van der Waals surface area contributed by atoms with E-state index >= 15 is 0 Å². The molecule has 0 bridgehead atoms. The number of hydrogen-bond acceptors (Lipinski definition) is 7. The van der Waals surface area contributed by atoms with Crippen LogP contribution in [0.5, 0.6) is 0 Å². The standard InChI is InChI=1S/C25H31N5O2/c1-16-8-9-19(13-24(16,2)3)29-22-18(14-26)15-28-23(30-22)27-11-10-25(32)20-7-5-4-6-17(20)12-21(25)31/h4-7,15-16,19,32H,8-13H2,1-3H3,(H2,27,28,29,30)/t16-,19+,25?/m0/s1. The van der Waals surface area contributed by atoms with E-state index in [1.54, 1.807) is 0 Å². The molecule has 3 atom stereocenters. The third-order valence-corrected chi connectivity index (χ3v) is 7.35. The second-order valence-corrected chi connectivity index (χ2v) is 9.87. The predicted molar refractivity (Wildman–Crippen MR) is 123 cm³/mol. The van der Waals surface area contributed by atoms with E-state index in [4.69, 9.17) is 0 Å². The van der Waals surface area contributed by atoms with Gasteiger partial charge in [-0.1, -0.05) is 45.0 Å². The van der Waals surface area contributed by atoms with E-state index in [1.165, 1.54) is 6.20 Å². The minimum atomic E-state index is -1.48. The first-order valence-corrected chi connectivity index (χ1v) is 11.3. The van der Waals surface area contributed by atoms with E-state index in [1.807, 2.05) is 24.3 Å². The fourth-order valence-electron chi connectivity index (χ4n) is 4.93. The first-order chi connectivity index (χ1) is 15.2. The number of Topliss-reactive ketones (excluding diaryl/α,β-unsaturated/α-hetero) is 1. The van der Waals surface area contributed by atoms with Crippen LogP contribution < -0.4 is 10.6 Å². The van der Waals surface area contributed by atoms with Gasteiger partial charge in [0.15, 0.2) is 5.78 Å². The van der Waals surface area contributed by atoms with E-state index in [9.17, 15) is 15.2 Å². The molecule has 2 aliphatic carbocycles. The molecule has 7 heteroatoms. The monoisotopic (exact) mass is 433 g/mol. The first-order valence-electron chi connectivity index (χ1n) is 11.3. The van der Waals surface area contributed by atoms with E-state index in [0.29, 0.717) is 35.4 Å². The molecule has 0 radical (unpaired) electrons. The molecule has 4 rings (SSSR count). The topological polar surface area (TPSA) is 111 Å². The van der Waals surface area contributed by atoms with Gasteiger partial charge in [0, 0.05) is 25.4 Å². The van der Waals surface area contributed by atoms with E-state index in [0.717, 1.165) is 24.8 Å². The van der Waals surface area contributed by atoms with E-state index < -0.39 is 5.60 Å². The summed E-state index contributed by atoms with van der Waals surface area (Å²) in [7, 11) is 0. The number of rotatable bonds is 6. The third kappa shape index (κ3) is 4.20. The predicted octanol–water partition coefficient (Wildman–Crippen LogP) is 3.79. The molecule has 2 aromatic rings. The van der Waals surface area contributed by atoms with Gasteiger partial charge in [-0.3, -0.25) is 4.79 Å². The highest BCUT2D eigenvalue weighted by Gasteiger charge is 2.43. The maximum atomic E-state index is 12.5. The molecular weight excluding hydrogens is 402 g/mol. The van der Waals surface area contributed by atoms with Gasteiger partial charge >= 0.3 is 0 Å². The van der Waals surface area contributed by atoms with Gasteiger partial charge in [0.25, 0.3) is 0 Å². The second-order valence-electron chi connectivity index (χ2n) is 9.87. The zero-order valence-corrected chi connectivity index (χ0v) is 19.0. The van der Waals surface area contributed by atoms with Crippen molar-refractivity contribution >= 4 is 17.5 Å². The SMILES string of the molecule is C[C@H]1CC[C@@H](Nc2nc(NCCC3(O)C(=O)Cc4ccccc43)ncc2C#N)CC1(C)C. The van der Waals surface area contributed by atoms with E-state index in [-0.39, 0.29) is 30.1 Å². The number of ketones is 1. The molecule has 0 aliphatic heterocycles. The van der Waals surface area contributed by atoms with Crippen LogP contribution in [-0.4, -0.2) is 33.4 Å². The maximum Gasteiger partial charge on any atom is 0.224 e. The summed E-state index contributed by atoms with van der Waals surface area (Å²) in [5.74, 6) is 1.38. The number of nitrogens with zero attached hydrogens (tertiary/aromatic N) is 3. The summed E-state index contributed by atoms with van der Waals surface area (Å²) in [6.45, 7) is 7.20. The number of fused-ring (bicyclic) bond motifs is 1. The molecule has 3 N–H and O–H groups in total. The Morgan fingerprint density at radius 2 is 2.06 bits per heavy atom. The summed E-state index contributed by atoms with van der Waals surface area (Å²) in [4.78, 5) is 21.2. The van der Waals surface area contributed by atoms with Gasteiger partial charge in [-0.15, -0.1) is 0 Å². The lowest BCUT2D eigenvalue weighted by Gasteiger charge is -2.41. The number of carbonyl (C=O) groups excluding carboxylic acids is 1. The van der Waals surface area contributed by atoms with Crippen molar-refractivity contribution < 1.29 is 9.90 Å². The van der Waals surface area contributed by atoms with Crippen LogP contribution in [0.25, 0.3) is 0 Å². The largest absolute Gasteiger partial charge is 0.377 e. The lowest BCUT2D eigenvalue weighted by molar-refractivity contribution is -0.136. The number of nitrogens with one attached hydrogen (secondary N) is 2. The third-order valence-electron chi connectivity index (χ3n) is 7.35. The molecule has 1 saturated carbocycles. The normalized spacial score (nSPS) is 26.3. The molecule has 32 heavy (non-hydrogen) atoms. The number of carbonyl (C=O) groups is 1. The number of anilines is 2. The Bertz CT molecular complexity index is 1060. The Kier molecular flexibility index (Phi) is 5.91. The number of benzene rings is 1. The Labute approximate surface area is 189 Å². The van der Waals surface area contributed by atoms with Crippen LogP contribution in [-0.2, 0) is 16.8 Å². The summed E-state index contributed by atoms with van der Waals surface area (Å²) < 4.78 is 0. The summed E-state index contributed by atoms with van der Waals surface area (Å²) in [6, 6.07) is 9.83. The zero-order valence-electron chi connectivity index (χ0n) is 19.0. The van der Waals surface area contributed by atoms with Gasteiger partial charge in [0.1, 0.15) is 23.1 Å². The Balaban J connectivity index is 1.43. The highest BCUT2D eigenvalue weighted by molar-refractivity contribution is 5.94. The molecule has 1 aromatic carbocycles. The maximum absolute atomic E-state index is 12.5. The molecule has 1 heterocycles. The highest BCUT2D eigenvalue weighted by Crippen LogP contribution is 2.41. The molecule has 0 spiro atoms. The van der Waals surface area contributed by atoms with Crippen LogP contribution >= 0.6 is 0 Å². The van der Waals surface area contributed by atoms with Gasteiger partial charge in [0.05, 0.1) is 6.20 Å². The smallest absolute Gasteiger partial charge is 0.224 e. The van der Waals surface area contributed by atoms with Gasteiger partial charge < -0.3 is 15.7 Å². The number of hydrogen-bond donors (Lipinski definition) is 3. The molecular formula is C25H31N5O2. The van der Waals surface area contributed by atoms with Crippen molar-refractivity contribution in [3.8, 4) is 6.07 Å². The molecule has 1 aromatic heterocycles. The van der Waals surface area contributed by atoms with Crippen LogP contribution in [0.15, 0.2) is 30.5 Å². The van der Waals surface area contributed by atoms with E-state index in [2.05, 4.69) is 47.4 Å². The number of nitriles is 1. The molecule has 1 fully saturated rings. The van der Waals surface area contributed by atoms with Crippen LogP contribution in [0, 0.1) is 22.7 Å². The summed E-state index contributed by atoms with van der Waals surface area (Å²) in [5, 5.41) is 27.1. The van der Waals surface area contributed by atoms with Crippen molar-refractivity contribution in [3.05, 3.63) is 47.2 Å². The Hall–Kier alpha value is -2.98. The fourth-order valence-corrected chi connectivity index (χ4v) is 4.93. The number of aliphatic hydroxyl groups is 1. The van der Waals surface area contributed by atoms with Gasteiger partial charge in [-0.2, -0.15) is 10.2 Å². The van der Waals surface area contributed by atoms with Crippen molar-refractivity contribution in [3.63, 3.8) is 0 Å². The lowest BCUT2D eigenvalue weighted by Crippen LogP contribution is -2.37. The average molecular weight is 434 g/mol. The highest BCUT2D eigenvalue weighted by atomic mass is 16.3. The van der Waals surface area contributed by atoms with Crippen LogP contribution in [0.2, 0.25) is 0 Å². The minimum Gasteiger partial charge on any atom is -0.377 e. The minimum absolute atomic E-state index is 0.183. The van der Waals surface area contributed by atoms with Gasteiger partial charge in [-0.05, 0) is 41.7 Å². The van der Waals surface area contributed by atoms with Crippen molar-refractivity contribution in [2.24, 2.45) is 11.3 Å². The average Bonchev–Trinajstić information content (AvgIpc) is 3.01. The van der Waals surface area contributed by atoms with Crippen molar-refractivity contribution in [1.29, 1.82) is 5.26 Å². The van der Waals surface area contributed by atoms with Crippen molar-refractivity contribution in [1.82, 2.24) is 9.97 Å². The van der Waals surface area contributed by atoms with Gasteiger partial charge in [-0.25, -0.2) is 4.98 Å². The Morgan fingerprint density at radius 3 is 2.81 bits per heavy atom. The van der Waals surface area contributed by atoms with Crippen LogP contribution in [0.1, 0.15) is 63.1 Å². The quantitative estimate of drug-likeness (QED) is 0.635. The summed E-state index contributed by atoms with van der Waals surface area (Å²) in [6.07, 6.45) is 5.18. The zero-order chi connectivity index (χ0) is 22.9. The summed E-state index contributed by atoms with van der Waals surface area (Å²) >= 11 is 0. The second kappa shape index (κ2) is 8.51. The molecule has 168 valence electrons. The number of aromatic nitrogens is 2. The van der Waals surface area contributed by atoms with Crippen LogP contribution in [0.4, 0.5) is 11.8 Å². The molecule has 7 nitrogen and oxygen atoms in total. The van der Waals surface area contributed by atoms with Gasteiger partial charge in [0.2, 0.25) is 5.95 Å². The molecule has 1 unspecified atom stereocenters. The first kappa shape index (κ1) is 22.2. The Morgan fingerprint density at radius 1 is 1.28 bits per heavy atom. The van der Waals surface area contributed by atoms with Crippen LogP contribution in [0.3, 0.4) is 0 Å². The molecule has 0 amide bonds. The van der Waals surface area contributed by atoms with Crippen molar-refractivity contribution in [2.45, 2.75) is 64.5 Å². The molecule has 2 aliphatic rings.